The zero-order valence-corrected chi connectivity index (χ0v) is 15.1. The Morgan fingerprint density at radius 2 is 1.58 bits per heavy atom. The summed E-state index contributed by atoms with van der Waals surface area (Å²) in [6.45, 7) is 3.61. The molecular formula is C15H28N4O7. The first-order valence-electron chi connectivity index (χ1n) is 8.14. The topological polar surface area (TPSA) is 191 Å². The van der Waals surface area contributed by atoms with Crippen LogP contribution in [-0.4, -0.2) is 76.4 Å². The van der Waals surface area contributed by atoms with Gasteiger partial charge in [0.25, 0.3) is 0 Å². The smallest absolute Gasteiger partial charge is 0.326 e. The van der Waals surface area contributed by atoms with Gasteiger partial charge in [0.2, 0.25) is 17.7 Å². The predicted molar refractivity (Wildman–Crippen MR) is 90.7 cm³/mol. The van der Waals surface area contributed by atoms with Crippen molar-refractivity contribution in [2.24, 2.45) is 11.7 Å². The molecule has 0 aliphatic rings. The number of carbonyl (C=O) groups excluding carboxylic acids is 3. The lowest BCUT2D eigenvalue weighted by Crippen LogP contribution is -2.56. The summed E-state index contributed by atoms with van der Waals surface area (Å²) in [5.41, 5.74) is 5.41. The summed E-state index contributed by atoms with van der Waals surface area (Å²) in [6.07, 6.45) is -0.932. The number of nitrogens with one attached hydrogen (secondary N) is 3. The van der Waals surface area contributed by atoms with E-state index in [4.69, 9.17) is 10.8 Å². The zero-order valence-electron chi connectivity index (χ0n) is 15.1. The van der Waals surface area contributed by atoms with Crippen molar-refractivity contribution in [3.63, 3.8) is 0 Å². The molecule has 0 radical (unpaired) electrons. The first-order chi connectivity index (χ1) is 12.0. The molecule has 0 saturated carbocycles. The van der Waals surface area contributed by atoms with E-state index in [0.717, 1.165) is 0 Å². The number of amides is 3. The highest BCUT2D eigenvalue weighted by molar-refractivity contribution is 5.92. The number of nitrogens with two attached hydrogens (primary N) is 1. The minimum atomic E-state index is -1.37. The van der Waals surface area contributed by atoms with Crippen molar-refractivity contribution in [2.75, 3.05) is 13.2 Å². The van der Waals surface area contributed by atoms with Crippen molar-refractivity contribution < 1.29 is 34.5 Å². The number of aliphatic hydroxyl groups excluding tert-OH is 2. The summed E-state index contributed by atoms with van der Waals surface area (Å²) in [6, 6.07) is -3.74. The van der Waals surface area contributed by atoms with Crippen molar-refractivity contribution in [1.82, 2.24) is 16.0 Å². The van der Waals surface area contributed by atoms with E-state index in [2.05, 4.69) is 16.0 Å². The molecule has 0 aliphatic heterocycles. The van der Waals surface area contributed by atoms with E-state index in [-0.39, 0.29) is 12.3 Å². The molecule has 0 aromatic carbocycles. The second kappa shape index (κ2) is 11.4. The van der Waals surface area contributed by atoms with E-state index >= 15 is 0 Å². The molecule has 11 nitrogen and oxygen atoms in total. The van der Waals surface area contributed by atoms with E-state index < -0.39 is 61.1 Å². The largest absolute Gasteiger partial charge is 0.480 e. The number of hydrogen-bond acceptors (Lipinski definition) is 7. The molecular weight excluding hydrogens is 348 g/mol. The normalized spacial score (nSPS) is 15.5. The maximum Gasteiger partial charge on any atom is 0.326 e. The summed E-state index contributed by atoms with van der Waals surface area (Å²) in [5, 5.41) is 34.1. The molecule has 3 amide bonds. The molecule has 0 aromatic rings. The molecule has 0 bridgehead atoms. The van der Waals surface area contributed by atoms with Crippen LogP contribution >= 0.6 is 0 Å². The van der Waals surface area contributed by atoms with Crippen molar-refractivity contribution in [2.45, 2.75) is 51.4 Å². The van der Waals surface area contributed by atoms with Crippen molar-refractivity contribution in [1.29, 1.82) is 0 Å². The molecule has 4 unspecified atom stereocenters. The molecule has 4 atom stereocenters. The number of carbonyl (C=O) groups is 4. The fraction of sp³-hybridized carbons (Fsp3) is 0.733. The lowest BCUT2D eigenvalue weighted by atomic mass is 10.0. The van der Waals surface area contributed by atoms with Gasteiger partial charge in [0.1, 0.15) is 18.1 Å². The summed E-state index contributed by atoms with van der Waals surface area (Å²) < 4.78 is 0. The maximum atomic E-state index is 11.9. The molecule has 150 valence electrons. The molecule has 11 heteroatoms. The van der Waals surface area contributed by atoms with Crippen LogP contribution < -0.4 is 21.7 Å². The molecule has 0 aromatic heterocycles. The lowest BCUT2D eigenvalue weighted by Gasteiger charge is -2.20. The third-order valence-electron chi connectivity index (χ3n) is 3.40. The van der Waals surface area contributed by atoms with E-state index in [1.807, 2.05) is 0 Å². The Kier molecular flexibility index (Phi) is 10.4. The van der Waals surface area contributed by atoms with E-state index in [1.54, 1.807) is 13.8 Å². The van der Waals surface area contributed by atoms with Crippen LogP contribution in [-0.2, 0) is 19.2 Å². The third kappa shape index (κ3) is 8.74. The van der Waals surface area contributed by atoms with Crippen molar-refractivity contribution in [3.05, 3.63) is 0 Å². The molecule has 0 aliphatic carbocycles. The highest BCUT2D eigenvalue weighted by Crippen LogP contribution is 2.04. The van der Waals surface area contributed by atoms with Crippen LogP contribution in [0.3, 0.4) is 0 Å². The Hall–Kier alpha value is -2.24. The Bertz CT molecular complexity index is 510. The van der Waals surface area contributed by atoms with Gasteiger partial charge in [-0.3, -0.25) is 14.4 Å². The first-order valence-corrected chi connectivity index (χ1v) is 8.14. The van der Waals surface area contributed by atoms with Crippen molar-refractivity contribution >= 4 is 23.7 Å². The number of aliphatic hydroxyl groups is 2. The van der Waals surface area contributed by atoms with Crippen LogP contribution in [0, 0.1) is 5.92 Å². The molecule has 8 N–H and O–H groups in total. The first kappa shape index (κ1) is 23.8. The van der Waals surface area contributed by atoms with Gasteiger partial charge in [-0.1, -0.05) is 13.8 Å². The minimum Gasteiger partial charge on any atom is -0.480 e. The standard InChI is InChI=1S/C15H28N4O7/c1-7(2)4-9(15(25)26)18-11(22)5-17-13(23)10(6-20)19-14(24)12(16)8(3)21/h7-10,12,20-21H,4-6,16H2,1-3H3,(H,17,23)(H,18,22)(H,19,24)(H,25,26). The van der Waals surface area contributed by atoms with E-state index in [0.29, 0.717) is 0 Å². The Balaban J connectivity index is 4.57. The summed E-state index contributed by atoms with van der Waals surface area (Å²) >= 11 is 0. The molecule has 0 heterocycles. The van der Waals surface area contributed by atoms with Crippen LogP contribution in [0.4, 0.5) is 0 Å². The maximum absolute atomic E-state index is 11.9. The van der Waals surface area contributed by atoms with Crippen molar-refractivity contribution in [3.8, 4) is 0 Å². The van der Waals surface area contributed by atoms with Crippen LogP contribution in [0.5, 0.6) is 0 Å². The van der Waals surface area contributed by atoms with Gasteiger partial charge in [-0.05, 0) is 19.3 Å². The highest BCUT2D eigenvalue weighted by Gasteiger charge is 2.26. The number of rotatable bonds is 11. The monoisotopic (exact) mass is 376 g/mol. The van der Waals surface area contributed by atoms with Crippen LogP contribution in [0.2, 0.25) is 0 Å². The zero-order chi connectivity index (χ0) is 20.4. The van der Waals surface area contributed by atoms with Gasteiger partial charge in [0, 0.05) is 0 Å². The second-order valence-electron chi connectivity index (χ2n) is 6.32. The second-order valence-corrected chi connectivity index (χ2v) is 6.32. The number of carboxylic acid groups (broad SMARTS) is 1. The highest BCUT2D eigenvalue weighted by atomic mass is 16.4. The number of aliphatic carboxylic acids is 1. The SMILES string of the molecule is CC(C)CC(NC(=O)CNC(=O)C(CO)NC(=O)C(N)C(C)O)C(=O)O. The predicted octanol–water partition coefficient (Wildman–Crippen LogP) is -3.10. The van der Waals surface area contributed by atoms with Gasteiger partial charge in [0.15, 0.2) is 0 Å². The van der Waals surface area contributed by atoms with Gasteiger partial charge >= 0.3 is 5.97 Å². The molecule has 0 fully saturated rings. The number of carboxylic acids is 1. The summed E-state index contributed by atoms with van der Waals surface area (Å²) in [7, 11) is 0. The van der Waals surface area contributed by atoms with E-state index in [1.165, 1.54) is 6.92 Å². The van der Waals surface area contributed by atoms with Gasteiger partial charge in [0.05, 0.1) is 19.3 Å². The van der Waals surface area contributed by atoms with Gasteiger partial charge < -0.3 is 37.0 Å². The molecule has 0 spiro atoms. The van der Waals surface area contributed by atoms with Crippen LogP contribution in [0.1, 0.15) is 27.2 Å². The Labute approximate surface area is 151 Å². The Morgan fingerprint density at radius 1 is 1.00 bits per heavy atom. The molecule has 26 heavy (non-hydrogen) atoms. The van der Waals surface area contributed by atoms with E-state index in [9.17, 15) is 29.4 Å². The third-order valence-corrected chi connectivity index (χ3v) is 3.40. The lowest BCUT2D eigenvalue weighted by molar-refractivity contribution is -0.142. The molecule has 0 rings (SSSR count). The molecule has 0 saturated heterocycles. The average molecular weight is 376 g/mol. The summed E-state index contributed by atoms with van der Waals surface area (Å²) in [5.74, 6) is -3.58. The fourth-order valence-electron chi connectivity index (χ4n) is 1.91. The average Bonchev–Trinajstić information content (AvgIpc) is 2.55. The Morgan fingerprint density at radius 3 is 2.00 bits per heavy atom. The van der Waals surface area contributed by atoms with Gasteiger partial charge in [-0.15, -0.1) is 0 Å². The quantitative estimate of drug-likeness (QED) is 0.197. The van der Waals surface area contributed by atoms with Gasteiger partial charge in [-0.25, -0.2) is 4.79 Å². The van der Waals surface area contributed by atoms with Crippen LogP contribution in [0.25, 0.3) is 0 Å². The van der Waals surface area contributed by atoms with Crippen LogP contribution in [0.15, 0.2) is 0 Å². The summed E-state index contributed by atoms with van der Waals surface area (Å²) in [4.78, 5) is 46.5. The fourth-order valence-corrected chi connectivity index (χ4v) is 1.91. The number of hydrogen-bond donors (Lipinski definition) is 7. The van der Waals surface area contributed by atoms with Gasteiger partial charge in [-0.2, -0.15) is 0 Å². The minimum absolute atomic E-state index is 0.0399.